The van der Waals surface area contributed by atoms with Crippen molar-refractivity contribution in [2.45, 2.75) is 11.8 Å². The normalized spacial score (nSPS) is 15.7. The lowest BCUT2D eigenvalue weighted by molar-refractivity contribution is -0.384. The molecule has 0 aromatic heterocycles. The first kappa shape index (κ1) is 19.9. The largest absolute Gasteiger partial charge is 0.369 e. The summed E-state index contributed by atoms with van der Waals surface area (Å²) < 4.78 is 27.0. The van der Waals surface area contributed by atoms with Gasteiger partial charge in [-0.3, -0.25) is 10.1 Å². The summed E-state index contributed by atoms with van der Waals surface area (Å²) in [6, 6.07) is 8.95. The van der Waals surface area contributed by atoms with Crippen molar-refractivity contribution in [3.05, 3.63) is 62.1 Å². The Morgan fingerprint density at radius 3 is 2.22 bits per heavy atom. The van der Waals surface area contributed by atoms with Crippen LogP contribution in [-0.4, -0.2) is 43.8 Å². The van der Waals surface area contributed by atoms with E-state index in [1.807, 2.05) is 4.90 Å². The maximum Gasteiger partial charge on any atom is 0.269 e. The Kier molecular flexibility index (Phi) is 5.62. The molecule has 3 rings (SSSR count). The first-order valence-electron chi connectivity index (χ1n) is 8.15. The monoisotopic (exact) mass is 429 g/mol. The quantitative estimate of drug-likeness (QED) is 0.545. The van der Waals surface area contributed by atoms with Crippen molar-refractivity contribution >= 4 is 44.6 Å². The Labute approximate surface area is 167 Å². The van der Waals surface area contributed by atoms with Gasteiger partial charge < -0.3 is 4.90 Å². The van der Waals surface area contributed by atoms with Gasteiger partial charge in [0, 0.05) is 44.0 Å². The van der Waals surface area contributed by atoms with Crippen molar-refractivity contribution in [2.75, 3.05) is 31.1 Å². The molecule has 1 fully saturated rings. The van der Waals surface area contributed by atoms with E-state index in [9.17, 15) is 18.5 Å². The fourth-order valence-electron chi connectivity index (χ4n) is 3.06. The summed E-state index contributed by atoms with van der Waals surface area (Å²) in [5.41, 5.74) is 1.69. The average molecular weight is 430 g/mol. The number of benzene rings is 2. The molecule has 1 saturated heterocycles. The van der Waals surface area contributed by atoms with Gasteiger partial charge in [-0.2, -0.15) is 4.31 Å². The highest BCUT2D eigenvalue weighted by Crippen LogP contribution is 2.29. The van der Waals surface area contributed by atoms with Gasteiger partial charge in [0.2, 0.25) is 10.0 Å². The number of piperazine rings is 1. The third kappa shape index (κ3) is 4.03. The highest BCUT2D eigenvalue weighted by atomic mass is 35.5. The molecule has 0 amide bonds. The molecular weight excluding hydrogens is 413 g/mol. The summed E-state index contributed by atoms with van der Waals surface area (Å²) in [6.07, 6.45) is 0. The van der Waals surface area contributed by atoms with Gasteiger partial charge in [0.15, 0.2) is 0 Å². The first-order chi connectivity index (χ1) is 12.7. The summed E-state index contributed by atoms with van der Waals surface area (Å²) in [5.74, 6) is 0. The molecule has 1 heterocycles. The maximum absolute atomic E-state index is 12.8. The SMILES string of the molecule is Cc1cc([N+](=O)[O-])ccc1N1CCN(S(=O)(=O)c2ccc(Cl)c(Cl)c2)CC1. The summed E-state index contributed by atoms with van der Waals surface area (Å²) in [4.78, 5) is 12.6. The van der Waals surface area contributed by atoms with Crippen LogP contribution < -0.4 is 4.90 Å². The molecule has 0 spiro atoms. The van der Waals surface area contributed by atoms with Crippen molar-refractivity contribution in [3.63, 3.8) is 0 Å². The molecule has 0 atom stereocenters. The third-order valence-corrected chi connectivity index (χ3v) is 7.13. The summed E-state index contributed by atoms with van der Waals surface area (Å²) in [7, 11) is -3.66. The van der Waals surface area contributed by atoms with Crippen LogP contribution in [0.2, 0.25) is 10.0 Å². The molecular formula is C17H17Cl2N3O4S. The number of sulfonamides is 1. The van der Waals surface area contributed by atoms with E-state index >= 15 is 0 Å². The highest BCUT2D eigenvalue weighted by molar-refractivity contribution is 7.89. The number of aryl methyl sites for hydroxylation is 1. The van der Waals surface area contributed by atoms with E-state index in [-0.39, 0.29) is 15.6 Å². The van der Waals surface area contributed by atoms with Crippen LogP contribution in [0.5, 0.6) is 0 Å². The summed E-state index contributed by atoms with van der Waals surface area (Å²) >= 11 is 11.8. The minimum absolute atomic E-state index is 0.0390. The van der Waals surface area contributed by atoms with Crippen LogP contribution in [0.4, 0.5) is 11.4 Å². The predicted molar refractivity (Wildman–Crippen MR) is 105 cm³/mol. The summed E-state index contributed by atoms with van der Waals surface area (Å²) in [6.45, 7) is 3.39. The minimum Gasteiger partial charge on any atom is -0.369 e. The molecule has 1 aliphatic rings. The predicted octanol–water partition coefficient (Wildman–Crippen LogP) is 3.72. The molecule has 7 nitrogen and oxygen atoms in total. The smallest absolute Gasteiger partial charge is 0.269 e. The van der Waals surface area contributed by atoms with E-state index in [0.29, 0.717) is 31.2 Å². The van der Waals surface area contributed by atoms with Crippen molar-refractivity contribution in [1.29, 1.82) is 0 Å². The van der Waals surface area contributed by atoms with Crippen molar-refractivity contribution in [1.82, 2.24) is 4.31 Å². The Hall–Kier alpha value is -1.87. The second-order valence-electron chi connectivity index (χ2n) is 6.19. The van der Waals surface area contributed by atoms with E-state index in [1.165, 1.54) is 34.6 Å². The van der Waals surface area contributed by atoms with E-state index < -0.39 is 14.9 Å². The van der Waals surface area contributed by atoms with Gasteiger partial charge in [0.1, 0.15) is 0 Å². The molecule has 0 bridgehead atoms. The van der Waals surface area contributed by atoms with Crippen LogP contribution in [0.25, 0.3) is 0 Å². The second-order valence-corrected chi connectivity index (χ2v) is 8.95. The zero-order valence-corrected chi connectivity index (χ0v) is 16.8. The molecule has 2 aromatic carbocycles. The highest BCUT2D eigenvalue weighted by Gasteiger charge is 2.29. The third-order valence-electron chi connectivity index (χ3n) is 4.50. The van der Waals surface area contributed by atoms with E-state index in [0.717, 1.165) is 11.3 Å². The number of nitro groups is 1. The van der Waals surface area contributed by atoms with Crippen molar-refractivity contribution in [3.8, 4) is 0 Å². The van der Waals surface area contributed by atoms with Gasteiger partial charge in [-0.25, -0.2) is 8.42 Å². The van der Waals surface area contributed by atoms with Crippen LogP contribution in [0.3, 0.4) is 0 Å². The van der Waals surface area contributed by atoms with Crippen LogP contribution in [0.15, 0.2) is 41.3 Å². The number of non-ortho nitro benzene ring substituents is 1. The molecule has 0 radical (unpaired) electrons. The lowest BCUT2D eigenvalue weighted by Crippen LogP contribution is -2.48. The molecule has 0 N–H and O–H groups in total. The molecule has 27 heavy (non-hydrogen) atoms. The fraction of sp³-hybridized carbons (Fsp3) is 0.294. The summed E-state index contributed by atoms with van der Waals surface area (Å²) in [5, 5.41) is 11.4. The standard InChI is InChI=1S/C17H17Cl2N3O4S/c1-12-10-13(22(23)24)2-5-17(12)20-6-8-21(9-7-20)27(25,26)14-3-4-15(18)16(19)11-14/h2-5,10-11H,6-9H2,1H3. The lowest BCUT2D eigenvalue weighted by atomic mass is 10.1. The zero-order chi connectivity index (χ0) is 19.8. The average Bonchev–Trinajstić information content (AvgIpc) is 2.64. The maximum atomic E-state index is 12.8. The number of rotatable bonds is 4. The van der Waals surface area contributed by atoms with Crippen LogP contribution >= 0.6 is 23.2 Å². The molecule has 2 aromatic rings. The van der Waals surface area contributed by atoms with Gasteiger partial charge >= 0.3 is 0 Å². The van der Waals surface area contributed by atoms with E-state index in [4.69, 9.17) is 23.2 Å². The van der Waals surface area contributed by atoms with E-state index in [2.05, 4.69) is 0 Å². The van der Waals surface area contributed by atoms with Gasteiger partial charge in [-0.05, 0) is 36.8 Å². The Morgan fingerprint density at radius 2 is 1.67 bits per heavy atom. The first-order valence-corrected chi connectivity index (χ1v) is 10.3. The van der Waals surface area contributed by atoms with Crippen LogP contribution in [0.1, 0.15) is 5.56 Å². The van der Waals surface area contributed by atoms with Crippen molar-refractivity contribution in [2.24, 2.45) is 0 Å². The lowest BCUT2D eigenvalue weighted by Gasteiger charge is -2.36. The second kappa shape index (κ2) is 7.63. The molecule has 0 saturated carbocycles. The molecule has 10 heteroatoms. The number of anilines is 1. The number of hydrogen-bond donors (Lipinski definition) is 0. The van der Waals surface area contributed by atoms with Gasteiger partial charge in [0.25, 0.3) is 5.69 Å². The van der Waals surface area contributed by atoms with Crippen molar-refractivity contribution < 1.29 is 13.3 Å². The van der Waals surface area contributed by atoms with Gasteiger partial charge in [-0.1, -0.05) is 23.2 Å². The molecule has 0 unspecified atom stereocenters. The minimum atomic E-state index is -3.66. The van der Waals surface area contributed by atoms with Gasteiger partial charge in [-0.15, -0.1) is 0 Å². The number of hydrogen-bond acceptors (Lipinski definition) is 5. The molecule has 0 aliphatic carbocycles. The van der Waals surface area contributed by atoms with E-state index in [1.54, 1.807) is 13.0 Å². The van der Waals surface area contributed by atoms with Crippen LogP contribution in [-0.2, 0) is 10.0 Å². The number of nitrogens with zero attached hydrogens (tertiary/aromatic N) is 3. The molecule has 1 aliphatic heterocycles. The Balaban J connectivity index is 1.75. The number of nitro benzene ring substituents is 1. The Morgan fingerprint density at radius 1 is 1.00 bits per heavy atom. The number of halogens is 2. The van der Waals surface area contributed by atoms with Crippen LogP contribution in [0, 0.1) is 17.0 Å². The molecule has 144 valence electrons. The zero-order valence-electron chi connectivity index (χ0n) is 14.4. The van der Waals surface area contributed by atoms with Gasteiger partial charge in [0.05, 0.1) is 19.9 Å². The Bertz CT molecular complexity index is 990. The topological polar surface area (TPSA) is 83.8 Å². The fourth-order valence-corrected chi connectivity index (χ4v) is 4.88.